The van der Waals surface area contributed by atoms with Crippen LogP contribution < -0.4 is 28.4 Å². The second-order valence-electron chi connectivity index (χ2n) is 5.90. The maximum atomic E-state index is 12.7. The lowest BCUT2D eigenvalue weighted by Crippen LogP contribution is -2.20. The van der Waals surface area contributed by atoms with E-state index < -0.39 is 6.10 Å². The average molecular weight is 374 g/mol. The Labute approximate surface area is 157 Å². The molecule has 0 bridgehead atoms. The number of Topliss-reactive ketones (excluding diaryl/α,β-unsaturated/α-hetero) is 1. The summed E-state index contributed by atoms with van der Waals surface area (Å²) in [5, 5.41) is 0. The van der Waals surface area contributed by atoms with E-state index >= 15 is 0 Å². The molecule has 0 radical (unpaired) electrons. The molecule has 1 atom stereocenters. The van der Waals surface area contributed by atoms with E-state index in [9.17, 15) is 4.79 Å². The van der Waals surface area contributed by atoms with E-state index in [1.54, 1.807) is 38.5 Å². The number of benzene rings is 2. The molecule has 2 aromatic carbocycles. The molecule has 1 aliphatic rings. The van der Waals surface area contributed by atoms with Gasteiger partial charge in [0.2, 0.25) is 5.75 Å². The quantitative estimate of drug-likeness (QED) is 0.767. The summed E-state index contributed by atoms with van der Waals surface area (Å²) in [6.45, 7) is 0. The maximum absolute atomic E-state index is 12.7. The smallest absolute Gasteiger partial charge is 0.203 e. The molecule has 3 rings (SSSR count). The summed E-state index contributed by atoms with van der Waals surface area (Å²) in [5.74, 6) is 2.87. The van der Waals surface area contributed by atoms with E-state index in [1.807, 2.05) is 0 Å². The Morgan fingerprint density at radius 2 is 1.33 bits per heavy atom. The van der Waals surface area contributed by atoms with Crippen LogP contribution in [0, 0.1) is 0 Å². The highest BCUT2D eigenvalue weighted by atomic mass is 16.5. The number of methoxy groups -OCH3 is 5. The SMILES string of the molecule is COc1cc2c(cc1OC)C(=O)CC(c1cc(OC)c(OC)c(OC)c1)O2. The lowest BCUT2D eigenvalue weighted by Gasteiger charge is -2.27. The van der Waals surface area contributed by atoms with Crippen LogP contribution in [-0.4, -0.2) is 41.3 Å². The van der Waals surface area contributed by atoms with Crippen LogP contribution >= 0.6 is 0 Å². The second-order valence-corrected chi connectivity index (χ2v) is 5.90. The van der Waals surface area contributed by atoms with Gasteiger partial charge in [0.05, 0.1) is 47.5 Å². The van der Waals surface area contributed by atoms with Gasteiger partial charge in [-0.25, -0.2) is 0 Å². The van der Waals surface area contributed by atoms with Gasteiger partial charge in [-0.2, -0.15) is 0 Å². The highest BCUT2D eigenvalue weighted by molar-refractivity contribution is 6.00. The molecule has 1 unspecified atom stereocenters. The van der Waals surface area contributed by atoms with Crippen LogP contribution in [0.4, 0.5) is 0 Å². The van der Waals surface area contributed by atoms with Gasteiger partial charge in [-0.3, -0.25) is 4.79 Å². The number of carbonyl (C=O) groups excluding carboxylic acids is 1. The third kappa shape index (κ3) is 3.32. The highest BCUT2D eigenvalue weighted by Gasteiger charge is 2.31. The van der Waals surface area contributed by atoms with Crippen molar-refractivity contribution in [2.24, 2.45) is 0 Å². The van der Waals surface area contributed by atoms with Crippen molar-refractivity contribution in [1.29, 1.82) is 0 Å². The molecule has 0 amide bonds. The van der Waals surface area contributed by atoms with Gasteiger partial charge in [0.15, 0.2) is 28.8 Å². The minimum atomic E-state index is -0.489. The fourth-order valence-corrected chi connectivity index (χ4v) is 3.12. The van der Waals surface area contributed by atoms with E-state index in [0.717, 1.165) is 5.56 Å². The molecule has 0 saturated carbocycles. The molecule has 0 N–H and O–H groups in total. The molecule has 27 heavy (non-hydrogen) atoms. The molecule has 0 saturated heterocycles. The van der Waals surface area contributed by atoms with Crippen LogP contribution in [0.2, 0.25) is 0 Å². The molecule has 1 aliphatic heterocycles. The van der Waals surface area contributed by atoms with Crippen molar-refractivity contribution in [3.05, 3.63) is 35.4 Å². The highest BCUT2D eigenvalue weighted by Crippen LogP contribution is 2.45. The Balaban J connectivity index is 2.03. The van der Waals surface area contributed by atoms with Crippen molar-refractivity contribution in [2.45, 2.75) is 12.5 Å². The molecule has 7 heteroatoms. The molecular formula is C20H22O7. The van der Waals surface area contributed by atoms with Crippen LogP contribution in [0.25, 0.3) is 0 Å². The normalized spacial score (nSPS) is 15.4. The largest absolute Gasteiger partial charge is 0.493 e. The first-order chi connectivity index (χ1) is 13.1. The summed E-state index contributed by atoms with van der Waals surface area (Å²) < 4.78 is 32.8. The first-order valence-electron chi connectivity index (χ1n) is 8.32. The topological polar surface area (TPSA) is 72.5 Å². The van der Waals surface area contributed by atoms with Crippen molar-refractivity contribution < 1.29 is 33.2 Å². The Morgan fingerprint density at radius 3 is 1.85 bits per heavy atom. The summed E-state index contributed by atoms with van der Waals surface area (Å²) in [6, 6.07) is 6.87. The third-order valence-electron chi connectivity index (χ3n) is 4.49. The fourth-order valence-electron chi connectivity index (χ4n) is 3.12. The van der Waals surface area contributed by atoms with Gasteiger partial charge in [0.1, 0.15) is 11.9 Å². The van der Waals surface area contributed by atoms with Crippen molar-refractivity contribution in [1.82, 2.24) is 0 Å². The predicted octanol–water partition coefficient (Wildman–Crippen LogP) is 3.44. The Kier molecular flexibility index (Phi) is 5.30. The van der Waals surface area contributed by atoms with Crippen LogP contribution in [0.1, 0.15) is 28.4 Å². The standard InChI is InChI=1S/C20H22O7/c1-22-16-8-12-13(21)9-14(27-15(12)10-17(16)23-2)11-6-18(24-3)20(26-5)19(7-11)25-4/h6-8,10,14H,9H2,1-5H3. The van der Waals surface area contributed by atoms with E-state index in [-0.39, 0.29) is 12.2 Å². The van der Waals surface area contributed by atoms with Crippen molar-refractivity contribution in [3.8, 4) is 34.5 Å². The van der Waals surface area contributed by atoms with Crippen molar-refractivity contribution >= 4 is 5.78 Å². The lowest BCUT2D eigenvalue weighted by molar-refractivity contribution is 0.0847. The number of hydrogen-bond donors (Lipinski definition) is 0. The Bertz CT molecular complexity index is 835. The molecule has 0 aliphatic carbocycles. The fraction of sp³-hybridized carbons (Fsp3) is 0.350. The van der Waals surface area contributed by atoms with Gasteiger partial charge in [0.25, 0.3) is 0 Å². The number of fused-ring (bicyclic) bond motifs is 1. The summed E-state index contributed by atoms with van der Waals surface area (Å²) in [4.78, 5) is 12.7. The van der Waals surface area contributed by atoms with Crippen LogP contribution in [0.15, 0.2) is 24.3 Å². The molecular weight excluding hydrogens is 352 g/mol. The minimum absolute atomic E-state index is 0.0454. The molecule has 1 heterocycles. The molecule has 0 fully saturated rings. The first kappa shape index (κ1) is 18.7. The number of ether oxygens (including phenoxy) is 6. The summed E-state index contributed by atoms with van der Waals surface area (Å²) in [5.41, 5.74) is 1.22. The Morgan fingerprint density at radius 1 is 0.778 bits per heavy atom. The average Bonchev–Trinajstić information content (AvgIpc) is 2.71. The zero-order chi connectivity index (χ0) is 19.6. The number of hydrogen-bond acceptors (Lipinski definition) is 7. The van der Waals surface area contributed by atoms with E-state index in [1.165, 1.54) is 21.3 Å². The first-order valence-corrected chi connectivity index (χ1v) is 8.32. The summed E-state index contributed by atoms with van der Waals surface area (Å²) in [6.07, 6.45) is -0.307. The van der Waals surface area contributed by atoms with Gasteiger partial charge in [-0.1, -0.05) is 0 Å². The third-order valence-corrected chi connectivity index (χ3v) is 4.49. The maximum Gasteiger partial charge on any atom is 0.203 e. The number of carbonyl (C=O) groups is 1. The van der Waals surface area contributed by atoms with Gasteiger partial charge < -0.3 is 28.4 Å². The zero-order valence-corrected chi connectivity index (χ0v) is 16.0. The van der Waals surface area contributed by atoms with Gasteiger partial charge in [0, 0.05) is 11.6 Å². The van der Waals surface area contributed by atoms with Gasteiger partial charge in [-0.05, 0) is 18.2 Å². The van der Waals surface area contributed by atoms with Crippen molar-refractivity contribution in [3.63, 3.8) is 0 Å². The second kappa shape index (κ2) is 7.65. The molecule has 2 aromatic rings. The molecule has 144 valence electrons. The Hall–Kier alpha value is -3.09. The molecule has 7 nitrogen and oxygen atoms in total. The predicted molar refractivity (Wildman–Crippen MR) is 98.0 cm³/mol. The molecule has 0 spiro atoms. The minimum Gasteiger partial charge on any atom is -0.493 e. The summed E-state index contributed by atoms with van der Waals surface area (Å²) >= 11 is 0. The molecule has 0 aromatic heterocycles. The van der Waals surface area contributed by atoms with Crippen LogP contribution in [0.5, 0.6) is 34.5 Å². The monoisotopic (exact) mass is 374 g/mol. The van der Waals surface area contributed by atoms with Gasteiger partial charge in [-0.15, -0.1) is 0 Å². The zero-order valence-electron chi connectivity index (χ0n) is 16.0. The van der Waals surface area contributed by atoms with E-state index in [2.05, 4.69) is 0 Å². The van der Waals surface area contributed by atoms with Crippen LogP contribution in [-0.2, 0) is 0 Å². The van der Waals surface area contributed by atoms with E-state index in [4.69, 9.17) is 28.4 Å². The lowest BCUT2D eigenvalue weighted by atomic mass is 9.95. The van der Waals surface area contributed by atoms with Crippen molar-refractivity contribution in [2.75, 3.05) is 35.5 Å². The van der Waals surface area contributed by atoms with Gasteiger partial charge >= 0.3 is 0 Å². The number of rotatable bonds is 6. The van der Waals surface area contributed by atoms with Crippen LogP contribution in [0.3, 0.4) is 0 Å². The number of ketones is 1. The van der Waals surface area contributed by atoms with E-state index in [0.29, 0.717) is 40.1 Å². The summed E-state index contributed by atoms with van der Waals surface area (Å²) in [7, 11) is 7.68.